The normalized spacial score (nSPS) is 23.9. The molecular formula is C16H17NO3. The molecule has 0 radical (unpaired) electrons. The van der Waals surface area contributed by atoms with E-state index in [1.165, 1.54) is 5.56 Å². The van der Waals surface area contributed by atoms with Gasteiger partial charge in [0, 0.05) is 5.56 Å². The minimum atomic E-state index is -0.170. The van der Waals surface area contributed by atoms with Crippen molar-refractivity contribution in [2.75, 3.05) is 6.54 Å². The molecule has 1 aliphatic heterocycles. The molecule has 2 unspecified atom stereocenters. The van der Waals surface area contributed by atoms with Crippen LogP contribution in [-0.2, 0) is 16.0 Å². The van der Waals surface area contributed by atoms with Crippen LogP contribution in [0.1, 0.15) is 35.7 Å². The van der Waals surface area contributed by atoms with E-state index in [4.69, 9.17) is 0 Å². The van der Waals surface area contributed by atoms with Crippen LogP contribution in [0.15, 0.2) is 24.3 Å². The van der Waals surface area contributed by atoms with Gasteiger partial charge in [0.25, 0.3) is 0 Å². The summed E-state index contributed by atoms with van der Waals surface area (Å²) in [6.45, 7) is 1.99. The van der Waals surface area contributed by atoms with E-state index >= 15 is 0 Å². The predicted octanol–water partition coefficient (Wildman–Crippen LogP) is 1.83. The Balaban J connectivity index is 1.67. The molecule has 2 aliphatic rings. The quantitative estimate of drug-likeness (QED) is 0.606. The number of fused-ring (bicyclic) bond motifs is 1. The molecule has 2 fully saturated rings. The highest BCUT2D eigenvalue weighted by atomic mass is 16.2. The SMILES string of the molecule is CCCc1ccc(C(=O)CN2C(=O)C3CC3C2=O)cc1. The Morgan fingerprint density at radius 2 is 1.75 bits per heavy atom. The van der Waals surface area contributed by atoms with E-state index < -0.39 is 0 Å². The lowest BCUT2D eigenvalue weighted by atomic mass is 10.1. The number of rotatable bonds is 5. The lowest BCUT2D eigenvalue weighted by molar-refractivity contribution is -0.140. The Morgan fingerprint density at radius 1 is 1.15 bits per heavy atom. The van der Waals surface area contributed by atoms with Crippen LogP contribution >= 0.6 is 0 Å². The fraction of sp³-hybridized carbons (Fsp3) is 0.438. The van der Waals surface area contributed by atoms with Gasteiger partial charge in [-0.3, -0.25) is 19.3 Å². The van der Waals surface area contributed by atoms with E-state index in [0.717, 1.165) is 17.7 Å². The molecule has 104 valence electrons. The average molecular weight is 271 g/mol. The van der Waals surface area contributed by atoms with Crippen LogP contribution in [0.4, 0.5) is 0 Å². The summed E-state index contributed by atoms with van der Waals surface area (Å²) >= 11 is 0. The van der Waals surface area contributed by atoms with E-state index in [-0.39, 0.29) is 36.0 Å². The highest BCUT2D eigenvalue weighted by Crippen LogP contribution is 2.46. The van der Waals surface area contributed by atoms with Crippen molar-refractivity contribution in [3.8, 4) is 0 Å². The van der Waals surface area contributed by atoms with Crippen LogP contribution < -0.4 is 0 Å². The molecule has 3 rings (SSSR count). The largest absolute Gasteiger partial charge is 0.292 e. The first kappa shape index (κ1) is 13.0. The minimum Gasteiger partial charge on any atom is -0.292 e. The van der Waals surface area contributed by atoms with Crippen molar-refractivity contribution in [2.24, 2.45) is 11.8 Å². The summed E-state index contributed by atoms with van der Waals surface area (Å²) in [7, 11) is 0. The Labute approximate surface area is 117 Å². The molecule has 0 aromatic heterocycles. The molecule has 2 amide bonds. The van der Waals surface area contributed by atoms with Crippen LogP contribution in [0.3, 0.4) is 0 Å². The second kappa shape index (κ2) is 4.85. The standard InChI is InChI=1S/C16H17NO3/c1-2-3-10-4-6-11(7-5-10)14(18)9-17-15(19)12-8-13(12)16(17)20/h4-7,12-13H,2-3,8-9H2,1H3. The van der Waals surface area contributed by atoms with Gasteiger partial charge in [0.15, 0.2) is 5.78 Å². The minimum absolute atomic E-state index is 0.113. The second-order valence-corrected chi connectivity index (χ2v) is 5.58. The maximum absolute atomic E-state index is 12.1. The fourth-order valence-corrected chi connectivity index (χ4v) is 2.79. The third-order valence-electron chi connectivity index (χ3n) is 4.07. The number of imide groups is 1. The molecule has 1 saturated heterocycles. The Hall–Kier alpha value is -1.97. The van der Waals surface area contributed by atoms with Crippen molar-refractivity contribution in [3.05, 3.63) is 35.4 Å². The number of nitrogens with zero attached hydrogens (tertiary/aromatic N) is 1. The maximum atomic E-state index is 12.1. The van der Waals surface area contributed by atoms with Crippen molar-refractivity contribution >= 4 is 17.6 Å². The predicted molar refractivity (Wildman–Crippen MR) is 73.1 cm³/mol. The number of carbonyl (C=O) groups excluding carboxylic acids is 3. The Morgan fingerprint density at radius 3 is 2.30 bits per heavy atom. The number of hydrogen-bond donors (Lipinski definition) is 0. The number of Topliss-reactive ketones (excluding diaryl/α,β-unsaturated/α-hetero) is 1. The van der Waals surface area contributed by atoms with Gasteiger partial charge in [-0.2, -0.15) is 0 Å². The molecular weight excluding hydrogens is 254 g/mol. The highest BCUT2D eigenvalue weighted by Gasteiger charge is 2.58. The van der Waals surface area contributed by atoms with Gasteiger partial charge in [-0.1, -0.05) is 37.6 Å². The molecule has 0 N–H and O–H groups in total. The third-order valence-corrected chi connectivity index (χ3v) is 4.07. The summed E-state index contributed by atoms with van der Waals surface area (Å²) in [6.07, 6.45) is 2.72. The van der Waals surface area contributed by atoms with Gasteiger partial charge in [0.1, 0.15) is 0 Å². The summed E-state index contributed by atoms with van der Waals surface area (Å²) in [5, 5.41) is 0. The zero-order valence-corrected chi connectivity index (χ0v) is 11.5. The van der Waals surface area contributed by atoms with Gasteiger partial charge in [-0.15, -0.1) is 0 Å². The molecule has 1 aromatic carbocycles. The van der Waals surface area contributed by atoms with E-state index in [1.54, 1.807) is 12.1 Å². The van der Waals surface area contributed by atoms with Crippen molar-refractivity contribution in [3.63, 3.8) is 0 Å². The van der Waals surface area contributed by atoms with Gasteiger partial charge in [0.05, 0.1) is 18.4 Å². The summed E-state index contributed by atoms with van der Waals surface area (Å²) in [6, 6.07) is 7.42. The van der Waals surface area contributed by atoms with E-state index in [1.807, 2.05) is 12.1 Å². The molecule has 1 saturated carbocycles. The smallest absolute Gasteiger partial charge is 0.233 e. The summed E-state index contributed by atoms with van der Waals surface area (Å²) in [5.41, 5.74) is 1.75. The third kappa shape index (κ3) is 2.15. The monoisotopic (exact) mass is 271 g/mol. The number of hydrogen-bond acceptors (Lipinski definition) is 3. The topological polar surface area (TPSA) is 54.5 Å². The Bertz CT molecular complexity index is 556. The number of likely N-dealkylation sites (tertiary alicyclic amines) is 1. The van der Waals surface area contributed by atoms with E-state index in [2.05, 4.69) is 6.92 Å². The van der Waals surface area contributed by atoms with E-state index in [0.29, 0.717) is 12.0 Å². The molecule has 1 aromatic rings. The number of benzene rings is 1. The van der Waals surface area contributed by atoms with Crippen LogP contribution in [0, 0.1) is 11.8 Å². The second-order valence-electron chi connectivity index (χ2n) is 5.58. The van der Waals surface area contributed by atoms with Crippen LogP contribution in [0.25, 0.3) is 0 Å². The molecule has 2 atom stereocenters. The number of carbonyl (C=O) groups is 3. The van der Waals surface area contributed by atoms with Crippen molar-refractivity contribution in [1.82, 2.24) is 4.90 Å². The lowest BCUT2D eigenvalue weighted by Crippen LogP contribution is -2.37. The fourth-order valence-electron chi connectivity index (χ4n) is 2.79. The van der Waals surface area contributed by atoms with Gasteiger partial charge in [-0.05, 0) is 18.4 Å². The molecule has 4 nitrogen and oxygen atoms in total. The van der Waals surface area contributed by atoms with Gasteiger partial charge in [-0.25, -0.2) is 0 Å². The molecule has 4 heteroatoms. The first-order chi connectivity index (χ1) is 9.61. The van der Waals surface area contributed by atoms with Crippen molar-refractivity contribution in [1.29, 1.82) is 0 Å². The Kier molecular flexibility index (Phi) is 3.16. The lowest BCUT2D eigenvalue weighted by Gasteiger charge is -2.15. The maximum Gasteiger partial charge on any atom is 0.233 e. The molecule has 20 heavy (non-hydrogen) atoms. The molecule has 1 heterocycles. The molecule has 0 spiro atoms. The zero-order chi connectivity index (χ0) is 14.3. The zero-order valence-electron chi connectivity index (χ0n) is 11.5. The first-order valence-electron chi connectivity index (χ1n) is 7.09. The first-order valence-corrected chi connectivity index (χ1v) is 7.09. The van der Waals surface area contributed by atoms with Crippen LogP contribution in [-0.4, -0.2) is 29.0 Å². The van der Waals surface area contributed by atoms with Gasteiger partial charge < -0.3 is 0 Å². The number of aryl methyl sites for hydroxylation is 1. The van der Waals surface area contributed by atoms with Crippen LogP contribution in [0.2, 0.25) is 0 Å². The van der Waals surface area contributed by atoms with Crippen molar-refractivity contribution < 1.29 is 14.4 Å². The summed E-state index contributed by atoms with van der Waals surface area (Å²) < 4.78 is 0. The van der Waals surface area contributed by atoms with Crippen LogP contribution in [0.5, 0.6) is 0 Å². The highest BCUT2D eigenvalue weighted by molar-refractivity contribution is 6.12. The van der Waals surface area contributed by atoms with Gasteiger partial charge >= 0.3 is 0 Å². The summed E-state index contributed by atoms with van der Waals surface area (Å²) in [5.74, 6) is -0.785. The van der Waals surface area contributed by atoms with Crippen molar-refractivity contribution in [2.45, 2.75) is 26.2 Å². The molecule has 1 aliphatic carbocycles. The summed E-state index contributed by atoms with van der Waals surface area (Å²) in [4.78, 5) is 36.9. The number of amides is 2. The van der Waals surface area contributed by atoms with Gasteiger partial charge in [0.2, 0.25) is 11.8 Å². The average Bonchev–Trinajstić information content (AvgIpc) is 3.20. The number of ketones is 1. The van der Waals surface area contributed by atoms with E-state index in [9.17, 15) is 14.4 Å². The molecule has 0 bridgehead atoms. The number of piperidine rings is 1.